The molecule has 3 aromatic carbocycles. The topological polar surface area (TPSA) is 47.9 Å². The molecule has 0 aromatic heterocycles. The number of esters is 1. The van der Waals surface area contributed by atoms with Gasteiger partial charge in [0.2, 0.25) is 5.90 Å². The van der Waals surface area contributed by atoms with Crippen LogP contribution in [0, 0.1) is 6.92 Å². The molecule has 1 aliphatic heterocycles. The highest BCUT2D eigenvalue weighted by molar-refractivity contribution is 6.34. The van der Waals surface area contributed by atoms with Gasteiger partial charge in [0, 0.05) is 0 Å². The Morgan fingerprint density at radius 1 is 1.03 bits per heavy atom. The first-order valence-electron chi connectivity index (χ1n) is 9.14. The van der Waals surface area contributed by atoms with Crippen molar-refractivity contribution in [1.82, 2.24) is 0 Å². The molecule has 0 radical (unpaired) electrons. The molecule has 4 rings (SSSR count). The molecule has 0 N–H and O–H groups in total. The second kappa shape index (κ2) is 8.33. The van der Waals surface area contributed by atoms with E-state index in [0.717, 1.165) is 11.1 Å². The van der Waals surface area contributed by atoms with Crippen LogP contribution in [-0.2, 0) is 16.1 Å². The third-order valence-electron chi connectivity index (χ3n) is 4.41. The number of aliphatic imine (C=N–C) groups is 1. The smallest absolute Gasteiger partial charge is 0.363 e. The molecule has 0 fully saturated rings. The van der Waals surface area contributed by atoms with E-state index in [-0.39, 0.29) is 11.6 Å². The second-order valence-electron chi connectivity index (χ2n) is 6.66. The fourth-order valence-electron chi connectivity index (χ4n) is 2.86. The largest absolute Gasteiger partial charge is 0.489 e. The molecule has 0 aliphatic carbocycles. The lowest BCUT2D eigenvalue weighted by atomic mass is 10.1. The van der Waals surface area contributed by atoms with Crippen molar-refractivity contribution in [2.45, 2.75) is 13.5 Å². The van der Waals surface area contributed by atoms with Gasteiger partial charge in [0.1, 0.15) is 12.4 Å². The van der Waals surface area contributed by atoms with Crippen LogP contribution in [-0.4, -0.2) is 11.9 Å². The van der Waals surface area contributed by atoms with Gasteiger partial charge in [-0.2, -0.15) is 0 Å². The van der Waals surface area contributed by atoms with Gasteiger partial charge in [-0.25, -0.2) is 9.79 Å². The van der Waals surface area contributed by atoms with Crippen LogP contribution in [0.15, 0.2) is 83.5 Å². The Balaban J connectivity index is 1.52. The molecule has 29 heavy (non-hydrogen) atoms. The molecule has 0 atom stereocenters. The number of aryl methyl sites for hydroxylation is 1. The van der Waals surface area contributed by atoms with Crippen molar-refractivity contribution in [3.63, 3.8) is 0 Å². The number of hydrogen-bond acceptors (Lipinski definition) is 4. The lowest BCUT2D eigenvalue weighted by molar-refractivity contribution is -0.129. The standard InChI is InChI=1S/C24H18ClNO3/c1-16-9-11-17(12-10-16)15-28-19-6-4-5-18(13-19)14-22-24(27)29-23(26-22)20-7-2-3-8-21(20)25/h2-14H,15H2,1H3/b22-14-. The minimum Gasteiger partial charge on any atom is -0.489 e. The molecule has 0 unspecified atom stereocenters. The SMILES string of the molecule is Cc1ccc(COc2cccc(/C=C3\N=C(c4ccccc4Cl)OC3=O)c2)cc1. The van der Waals surface area contributed by atoms with E-state index < -0.39 is 5.97 Å². The van der Waals surface area contributed by atoms with Gasteiger partial charge in [-0.3, -0.25) is 0 Å². The van der Waals surface area contributed by atoms with E-state index in [9.17, 15) is 4.79 Å². The third-order valence-corrected chi connectivity index (χ3v) is 4.74. The Bertz CT molecular complexity index is 1120. The summed E-state index contributed by atoms with van der Waals surface area (Å²) in [6.07, 6.45) is 1.67. The maximum atomic E-state index is 12.2. The summed E-state index contributed by atoms with van der Waals surface area (Å²) in [5.41, 5.74) is 3.90. The molecule has 1 aliphatic rings. The van der Waals surface area contributed by atoms with Crippen molar-refractivity contribution in [2.24, 2.45) is 4.99 Å². The predicted molar refractivity (Wildman–Crippen MR) is 114 cm³/mol. The summed E-state index contributed by atoms with van der Waals surface area (Å²) in [4.78, 5) is 16.5. The van der Waals surface area contributed by atoms with Crippen LogP contribution in [0.2, 0.25) is 5.02 Å². The molecule has 0 saturated carbocycles. The normalized spacial score (nSPS) is 14.6. The molecular weight excluding hydrogens is 386 g/mol. The Morgan fingerprint density at radius 2 is 1.83 bits per heavy atom. The molecule has 0 amide bonds. The van der Waals surface area contributed by atoms with Crippen LogP contribution in [0.25, 0.3) is 6.08 Å². The zero-order chi connectivity index (χ0) is 20.2. The fraction of sp³-hybridized carbons (Fsp3) is 0.0833. The van der Waals surface area contributed by atoms with Crippen LogP contribution >= 0.6 is 11.6 Å². The van der Waals surface area contributed by atoms with Crippen molar-refractivity contribution in [2.75, 3.05) is 0 Å². The number of carbonyl (C=O) groups is 1. The lowest BCUT2D eigenvalue weighted by Gasteiger charge is -2.07. The highest BCUT2D eigenvalue weighted by atomic mass is 35.5. The highest BCUT2D eigenvalue weighted by Gasteiger charge is 2.25. The van der Waals surface area contributed by atoms with Gasteiger partial charge >= 0.3 is 5.97 Å². The quantitative estimate of drug-likeness (QED) is 0.413. The number of nitrogens with zero attached hydrogens (tertiary/aromatic N) is 1. The predicted octanol–water partition coefficient (Wildman–Crippen LogP) is 5.57. The Labute approximate surface area is 174 Å². The number of carbonyl (C=O) groups excluding carboxylic acids is 1. The van der Waals surface area contributed by atoms with Crippen LogP contribution in [0.1, 0.15) is 22.3 Å². The number of halogens is 1. The molecule has 0 spiro atoms. The van der Waals surface area contributed by atoms with Gasteiger partial charge in [-0.05, 0) is 48.4 Å². The summed E-state index contributed by atoms with van der Waals surface area (Å²) in [5, 5.41) is 0.479. The van der Waals surface area contributed by atoms with Crippen LogP contribution in [0.3, 0.4) is 0 Å². The van der Waals surface area contributed by atoms with Crippen molar-refractivity contribution in [1.29, 1.82) is 0 Å². The minimum atomic E-state index is -0.508. The molecule has 144 valence electrons. The molecule has 5 heteroatoms. The average molecular weight is 404 g/mol. The van der Waals surface area contributed by atoms with Gasteiger partial charge in [0.25, 0.3) is 0 Å². The van der Waals surface area contributed by atoms with E-state index in [1.54, 1.807) is 18.2 Å². The fourth-order valence-corrected chi connectivity index (χ4v) is 3.08. The van der Waals surface area contributed by atoms with E-state index >= 15 is 0 Å². The van der Waals surface area contributed by atoms with E-state index in [4.69, 9.17) is 21.1 Å². The number of cyclic esters (lactones) is 1. The second-order valence-corrected chi connectivity index (χ2v) is 7.07. The zero-order valence-corrected chi connectivity index (χ0v) is 16.5. The Hall–Kier alpha value is -3.37. The van der Waals surface area contributed by atoms with Crippen molar-refractivity contribution >= 4 is 29.5 Å². The molecule has 3 aromatic rings. The third kappa shape index (κ3) is 4.55. The van der Waals surface area contributed by atoms with E-state index in [1.165, 1.54) is 5.56 Å². The monoisotopic (exact) mass is 403 g/mol. The molecule has 0 bridgehead atoms. The molecule has 4 nitrogen and oxygen atoms in total. The zero-order valence-electron chi connectivity index (χ0n) is 15.8. The van der Waals surface area contributed by atoms with Gasteiger partial charge in [0.05, 0.1) is 10.6 Å². The van der Waals surface area contributed by atoms with E-state index in [0.29, 0.717) is 22.9 Å². The van der Waals surface area contributed by atoms with Crippen molar-refractivity contribution in [3.8, 4) is 5.75 Å². The summed E-state index contributed by atoms with van der Waals surface area (Å²) in [7, 11) is 0. The summed E-state index contributed by atoms with van der Waals surface area (Å²) in [6.45, 7) is 2.52. The molecule has 1 heterocycles. The summed E-state index contributed by atoms with van der Waals surface area (Å²) in [5.74, 6) is 0.408. The first-order chi connectivity index (χ1) is 14.1. The van der Waals surface area contributed by atoms with Gasteiger partial charge < -0.3 is 9.47 Å². The first-order valence-corrected chi connectivity index (χ1v) is 9.52. The first kappa shape index (κ1) is 19.0. The number of ether oxygens (including phenoxy) is 2. The number of benzene rings is 3. The van der Waals surface area contributed by atoms with Crippen molar-refractivity contribution in [3.05, 3.63) is 106 Å². The summed E-state index contributed by atoms with van der Waals surface area (Å²) < 4.78 is 11.2. The number of hydrogen-bond donors (Lipinski definition) is 0. The number of rotatable bonds is 5. The minimum absolute atomic E-state index is 0.207. The van der Waals surface area contributed by atoms with Gasteiger partial charge in [0.15, 0.2) is 5.70 Å². The van der Waals surface area contributed by atoms with Gasteiger partial charge in [-0.15, -0.1) is 0 Å². The van der Waals surface area contributed by atoms with Crippen LogP contribution in [0.4, 0.5) is 0 Å². The Kier molecular flexibility index (Phi) is 5.45. The lowest BCUT2D eigenvalue weighted by Crippen LogP contribution is -2.05. The summed E-state index contributed by atoms with van der Waals surface area (Å²) in [6, 6.07) is 22.8. The average Bonchev–Trinajstić information content (AvgIpc) is 3.08. The van der Waals surface area contributed by atoms with Crippen LogP contribution < -0.4 is 4.74 Å². The van der Waals surface area contributed by atoms with E-state index in [1.807, 2.05) is 48.5 Å². The highest BCUT2D eigenvalue weighted by Crippen LogP contribution is 2.24. The van der Waals surface area contributed by atoms with Crippen LogP contribution in [0.5, 0.6) is 5.75 Å². The molecule has 0 saturated heterocycles. The molecular formula is C24H18ClNO3. The maximum absolute atomic E-state index is 12.2. The maximum Gasteiger partial charge on any atom is 0.363 e. The van der Waals surface area contributed by atoms with Crippen molar-refractivity contribution < 1.29 is 14.3 Å². The Morgan fingerprint density at radius 3 is 2.62 bits per heavy atom. The van der Waals surface area contributed by atoms with E-state index in [2.05, 4.69) is 24.0 Å². The van der Waals surface area contributed by atoms with Gasteiger partial charge in [-0.1, -0.05) is 65.7 Å². The summed E-state index contributed by atoms with van der Waals surface area (Å²) >= 11 is 6.17.